The number of nitrogens with zero attached hydrogens (tertiary/aromatic N) is 1. The van der Waals surface area contributed by atoms with E-state index in [4.69, 9.17) is 4.74 Å². The number of ether oxygens (including phenoxy) is 1. The molecule has 1 aromatic heterocycles. The van der Waals surface area contributed by atoms with E-state index in [1.54, 1.807) is 41.5 Å². The second-order valence-corrected chi connectivity index (χ2v) is 8.31. The van der Waals surface area contributed by atoms with Gasteiger partial charge in [0.2, 0.25) is 10.0 Å². The molecule has 0 saturated heterocycles. The Morgan fingerprint density at radius 3 is 2.13 bits per heavy atom. The Hall–Kier alpha value is -1.83. The second-order valence-electron chi connectivity index (χ2n) is 6.56. The van der Waals surface area contributed by atoms with E-state index >= 15 is 0 Å². The Labute approximate surface area is 136 Å². The molecule has 0 aliphatic heterocycles. The molecule has 0 fully saturated rings. The summed E-state index contributed by atoms with van der Waals surface area (Å²) in [5, 5.41) is 0. The highest BCUT2D eigenvalue weighted by Gasteiger charge is 2.21. The van der Waals surface area contributed by atoms with E-state index in [1.165, 1.54) is 4.57 Å². The fourth-order valence-corrected chi connectivity index (χ4v) is 2.72. The number of carbonyl (C=O) groups is 1. The zero-order chi connectivity index (χ0) is 18.2. The van der Waals surface area contributed by atoms with E-state index in [9.17, 15) is 18.0 Å². The van der Waals surface area contributed by atoms with Crippen molar-refractivity contribution in [2.24, 2.45) is 0 Å². The van der Waals surface area contributed by atoms with Crippen LogP contribution in [0.5, 0.6) is 0 Å². The van der Waals surface area contributed by atoms with Crippen LogP contribution < -0.4 is 10.3 Å². The van der Waals surface area contributed by atoms with E-state index in [1.807, 2.05) is 0 Å². The van der Waals surface area contributed by atoms with Crippen molar-refractivity contribution < 1.29 is 17.9 Å². The van der Waals surface area contributed by atoms with Crippen molar-refractivity contribution in [2.45, 2.75) is 53.7 Å². The van der Waals surface area contributed by atoms with E-state index in [-0.39, 0.29) is 12.2 Å². The summed E-state index contributed by atoms with van der Waals surface area (Å²) < 4.78 is 31.6. The fraction of sp³-hybridized carbons (Fsp3) is 0.600. The number of hydrogen-bond donors (Lipinski definition) is 1. The van der Waals surface area contributed by atoms with Crippen LogP contribution in [0.2, 0.25) is 0 Å². The fourth-order valence-electron chi connectivity index (χ4n) is 2.11. The zero-order valence-corrected chi connectivity index (χ0v) is 15.4. The average molecular weight is 344 g/mol. The number of aromatic nitrogens is 1. The number of rotatable bonds is 4. The quantitative estimate of drug-likeness (QED) is 0.835. The Morgan fingerprint density at radius 1 is 1.17 bits per heavy atom. The average Bonchev–Trinajstić information content (AvgIpc) is 2.34. The molecule has 130 valence electrons. The van der Waals surface area contributed by atoms with Crippen molar-refractivity contribution in [1.29, 1.82) is 0 Å². The van der Waals surface area contributed by atoms with Gasteiger partial charge in [0.05, 0.1) is 6.26 Å². The predicted molar refractivity (Wildman–Crippen MR) is 89.2 cm³/mol. The van der Waals surface area contributed by atoms with Crippen molar-refractivity contribution in [3.8, 4) is 0 Å². The molecule has 1 heterocycles. The minimum absolute atomic E-state index is 0.0424. The van der Waals surface area contributed by atoms with Gasteiger partial charge in [-0.25, -0.2) is 8.42 Å². The topological polar surface area (TPSA) is 94.5 Å². The van der Waals surface area contributed by atoms with E-state index < -0.39 is 27.2 Å². The Kier molecular flexibility index (Phi) is 5.30. The Balaban J connectivity index is 3.39. The molecule has 0 aliphatic carbocycles. The first kappa shape index (κ1) is 19.2. The van der Waals surface area contributed by atoms with Crippen molar-refractivity contribution >= 4 is 21.7 Å². The van der Waals surface area contributed by atoms with Crippen LogP contribution in [-0.2, 0) is 26.1 Å². The number of hydrogen-bond acceptors (Lipinski definition) is 5. The van der Waals surface area contributed by atoms with Crippen LogP contribution in [-0.4, -0.2) is 30.8 Å². The Bertz CT molecular complexity index is 786. The van der Waals surface area contributed by atoms with Crippen LogP contribution in [0.25, 0.3) is 0 Å². The van der Waals surface area contributed by atoms with Gasteiger partial charge in [0.1, 0.15) is 17.8 Å². The van der Waals surface area contributed by atoms with Gasteiger partial charge in [-0.3, -0.25) is 18.9 Å². The standard InChI is InChI=1S/C15H24N2O5S/c1-9-10(2)13(16-23(7,20)21)14(19)17(11(9)3)8-12(18)22-15(4,5)6/h16H,8H2,1-7H3. The van der Waals surface area contributed by atoms with Gasteiger partial charge in [-0.2, -0.15) is 0 Å². The largest absolute Gasteiger partial charge is 0.459 e. The summed E-state index contributed by atoms with van der Waals surface area (Å²) in [6.45, 7) is 10.1. The van der Waals surface area contributed by atoms with Gasteiger partial charge in [0, 0.05) is 5.69 Å². The molecule has 0 amide bonds. The molecule has 1 N–H and O–H groups in total. The molecular formula is C15H24N2O5S. The molecular weight excluding hydrogens is 320 g/mol. The third-order valence-corrected chi connectivity index (χ3v) is 3.91. The molecule has 0 radical (unpaired) electrons. The molecule has 0 aliphatic rings. The van der Waals surface area contributed by atoms with Gasteiger partial charge in [-0.05, 0) is 52.7 Å². The lowest BCUT2D eigenvalue weighted by Gasteiger charge is -2.22. The summed E-state index contributed by atoms with van der Waals surface area (Å²) in [5.41, 5.74) is 0.596. The summed E-state index contributed by atoms with van der Waals surface area (Å²) in [7, 11) is -3.61. The zero-order valence-electron chi connectivity index (χ0n) is 14.6. The lowest BCUT2D eigenvalue weighted by atomic mass is 10.1. The van der Waals surface area contributed by atoms with E-state index in [0.29, 0.717) is 11.3 Å². The minimum Gasteiger partial charge on any atom is -0.459 e. The molecule has 7 nitrogen and oxygen atoms in total. The number of sulfonamides is 1. The van der Waals surface area contributed by atoms with Gasteiger partial charge in [-0.15, -0.1) is 0 Å². The predicted octanol–water partition coefficient (Wildman–Crippen LogP) is 1.49. The highest BCUT2D eigenvalue weighted by molar-refractivity contribution is 7.92. The first-order chi connectivity index (χ1) is 10.2. The van der Waals surface area contributed by atoms with Crippen LogP contribution in [0.1, 0.15) is 37.6 Å². The molecule has 0 saturated carbocycles. The highest BCUT2D eigenvalue weighted by Crippen LogP contribution is 2.19. The van der Waals surface area contributed by atoms with E-state index in [0.717, 1.165) is 11.8 Å². The third kappa shape index (κ3) is 5.09. The molecule has 0 bridgehead atoms. The normalized spacial score (nSPS) is 12.1. The van der Waals surface area contributed by atoms with Crippen molar-refractivity contribution in [1.82, 2.24) is 4.57 Å². The number of anilines is 1. The van der Waals surface area contributed by atoms with Gasteiger partial charge in [-0.1, -0.05) is 0 Å². The van der Waals surface area contributed by atoms with Crippen LogP contribution in [0.3, 0.4) is 0 Å². The number of pyridine rings is 1. The maximum absolute atomic E-state index is 12.6. The second kappa shape index (κ2) is 6.35. The lowest BCUT2D eigenvalue weighted by molar-refractivity contribution is -0.155. The number of carbonyl (C=O) groups excluding carboxylic acids is 1. The van der Waals surface area contributed by atoms with Crippen LogP contribution in [0.15, 0.2) is 4.79 Å². The molecule has 8 heteroatoms. The highest BCUT2D eigenvalue weighted by atomic mass is 32.2. The monoisotopic (exact) mass is 344 g/mol. The molecule has 1 aromatic rings. The summed E-state index contributed by atoms with van der Waals surface area (Å²) in [6.07, 6.45) is 0.972. The first-order valence-corrected chi connectivity index (χ1v) is 9.02. The van der Waals surface area contributed by atoms with Crippen molar-refractivity contribution in [2.75, 3.05) is 11.0 Å². The summed E-state index contributed by atoms with van der Waals surface area (Å²) in [5.74, 6) is -0.559. The number of esters is 1. The SMILES string of the molecule is Cc1c(C)c(C)n(CC(=O)OC(C)(C)C)c(=O)c1NS(C)(=O)=O. The summed E-state index contributed by atoms with van der Waals surface area (Å²) in [4.78, 5) is 24.6. The maximum atomic E-state index is 12.6. The van der Waals surface area contributed by atoms with Gasteiger partial charge in [0.25, 0.3) is 5.56 Å². The van der Waals surface area contributed by atoms with Crippen LogP contribution >= 0.6 is 0 Å². The lowest BCUT2D eigenvalue weighted by Crippen LogP contribution is -2.34. The molecule has 0 spiro atoms. The smallest absolute Gasteiger partial charge is 0.326 e. The van der Waals surface area contributed by atoms with Crippen molar-refractivity contribution in [3.63, 3.8) is 0 Å². The van der Waals surface area contributed by atoms with Gasteiger partial charge >= 0.3 is 5.97 Å². The molecule has 1 rings (SSSR count). The van der Waals surface area contributed by atoms with Crippen LogP contribution in [0, 0.1) is 20.8 Å². The Morgan fingerprint density at radius 2 is 1.70 bits per heavy atom. The summed E-state index contributed by atoms with van der Waals surface area (Å²) >= 11 is 0. The molecule has 0 aromatic carbocycles. The van der Waals surface area contributed by atoms with Crippen molar-refractivity contribution in [3.05, 3.63) is 27.2 Å². The maximum Gasteiger partial charge on any atom is 0.326 e. The van der Waals surface area contributed by atoms with Gasteiger partial charge < -0.3 is 4.74 Å². The number of nitrogens with one attached hydrogen (secondary N) is 1. The molecule has 23 heavy (non-hydrogen) atoms. The van der Waals surface area contributed by atoms with E-state index in [2.05, 4.69) is 4.72 Å². The molecule has 0 unspecified atom stereocenters. The first-order valence-electron chi connectivity index (χ1n) is 7.13. The van der Waals surface area contributed by atoms with Gasteiger partial charge in [0.15, 0.2) is 0 Å². The molecule has 0 atom stereocenters. The third-order valence-electron chi connectivity index (χ3n) is 3.34. The van der Waals surface area contributed by atoms with Crippen LogP contribution in [0.4, 0.5) is 5.69 Å². The summed E-state index contributed by atoms with van der Waals surface area (Å²) in [6, 6.07) is 0. The minimum atomic E-state index is -3.61.